The largest absolute Gasteiger partial charge is 0.335 e. The van der Waals surface area contributed by atoms with Crippen molar-refractivity contribution in [2.45, 2.75) is 31.2 Å². The van der Waals surface area contributed by atoms with Crippen LogP contribution in [0.25, 0.3) is 12.2 Å². The molecule has 0 aliphatic heterocycles. The molecule has 3 N–H and O–H groups in total. The van der Waals surface area contributed by atoms with E-state index < -0.39 is 15.6 Å². The number of nitrogens with zero attached hydrogens (tertiary/aromatic N) is 2. The number of nitrogens with one attached hydrogen (secondary N) is 1. The predicted molar refractivity (Wildman–Crippen MR) is 99.7 cm³/mol. The van der Waals surface area contributed by atoms with Crippen molar-refractivity contribution in [3.05, 3.63) is 41.5 Å². The molecule has 1 heterocycles. The molecule has 0 spiro atoms. The zero-order valence-electron chi connectivity index (χ0n) is 13.8. The van der Waals surface area contributed by atoms with Gasteiger partial charge in [0, 0.05) is 11.8 Å². The summed E-state index contributed by atoms with van der Waals surface area (Å²) in [7, 11) is -3.27. The number of rotatable bonds is 5. The summed E-state index contributed by atoms with van der Waals surface area (Å²) in [5.74, 6) is 0.965. The van der Waals surface area contributed by atoms with Crippen LogP contribution >= 0.6 is 12.4 Å². The minimum Gasteiger partial charge on any atom is -0.335 e. The van der Waals surface area contributed by atoms with Crippen molar-refractivity contribution in [2.24, 2.45) is 5.73 Å². The zero-order chi connectivity index (χ0) is 17.2. The molecule has 3 rings (SSSR count). The molecule has 0 amide bonds. The van der Waals surface area contributed by atoms with E-state index in [1.807, 2.05) is 6.08 Å². The maximum atomic E-state index is 11.2. The Hall–Kier alpha value is -1.90. The lowest BCUT2D eigenvalue weighted by Crippen LogP contribution is -2.34. The van der Waals surface area contributed by atoms with Crippen molar-refractivity contribution >= 4 is 40.3 Å². The van der Waals surface area contributed by atoms with E-state index >= 15 is 0 Å². The molecule has 0 saturated heterocycles. The summed E-state index contributed by atoms with van der Waals surface area (Å²) in [5, 5.41) is 4.00. The third-order valence-electron chi connectivity index (χ3n) is 4.02. The summed E-state index contributed by atoms with van der Waals surface area (Å²) in [4.78, 5) is 4.36. The number of anilines is 1. The Balaban J connectivity index is 0.00000225. The molecule has 0 unspecified atom stereocenters. The minimum atomic E-state index is -3.27. The third-order valence-corrected chi connectivity index (χ3v) is 4.62. The Morgan fingerprint density at radius 3 is 2.44 bits per heavy atom. The maximum Gasteiger partial charge on any atom is 0.250 e. The van der Waals surface area contributed by atoms with Gasteiger partial charge in [-0.15, -0.1) is 12.4 Å². The van der Waals surface area contributed by atoms with E-state index in [9.17, 15) is 8.42 Å². The molecule has 25 heavy (non-hydrogen) atoms. The maximum absolute atomic E-state index is 11.2. The highest BCUT2D eigenvalue weighted by molar-refractivity contribution is 7.92. The van der Waals surface area contributed by atoms with E-state index in [-0.39, 0.29) is 12.4 Å². The van der Waals surface area contributed by atoms with Crippen LogP contribution in [0.5, 0.6) is 0 Å². The Kier molecular flexibility index (Phi) is 5.87. The van der Waals surface area contributed by atoms with Crippen molar-refractivity contribution in [3.8, 4) is 0 Å². The van der Waals surface area contributed by atoms with E-state index in [2.05, 4.69) is 14.9 Å². The normalized spacial score (nSPS) is 16.7. The number of hydrogen-bond donors (Lipinski definition) is 2. The molecular weight excluding hydrogens is 364 g/mol. The first-order chi connectivity index (χ1) is 11.3. The lowest BCUT2D eigenvalue weighted by Gasteiger charge is -2.17. The SMILES string of the molecule is CS(=O)(=O)Nc1ccc(/C=C/c2nc(C3(N)CCCC3)no2)cc1.Cl. The number of hydrogen-bond acceptors (Lipinski definition) is 6. The van der Waals surface area contributed by atoms with Gasteiger partial charge in [-0.1, -0.05) is 30.1 Å². The van der Waals surface area contributed by atoms with Crippen LogP contribution in [0.1, 0.15) is 43.0 Å². The minimum absolute atomic E-state index is 0. The Labute approximate surface area is 153 Å². The highest BCUT2D eigenvalue weighted by atomic mass is 35.5. The predicted octanol–water partition coefficient (Wildman–Crippen LogP) is 2.76. The second-order valence-corrected chi connectivity index (χ2v) is 7.90. The van der Waals surface area contributed by atoms with Gasteiger partial charge in [-0.05, 0) is 36.6 Å². The van der Waals surface area contributed by atoms with Crippen molar-refractivity contribution in [1.29, 1.82) is 0 Å². The molecular formula is C16H21ClN4O3S. The molecule has 7 nitrogen and oxygen atoms in total. The fraction of sp³-hybridized carbons (Fsp3) is 0.375. The van der Waals surface area contributed by atoms with E-state index in [0.29, 0.717) is 17.4 Å². The first-order valence-corrected chi connectivity index (χ1v) is 9.62. The van der Waals surface area contributed by atoms with E-state index in [1.54, 1.807) is 30.3 Å². The van der Waals surface area contributed by atoms with Gasteiger partial charge < -0.3 is 10.3 Å². The van der Waals surface area contributed by atoms with Crippen LogP contribution in [-0.2, 0) is 15.6 Å². The van der Waals surface area contributed by atoms with E-state index in [4.69, 9.17) is 10.3 Å². The standard InChI is InChI=1S/C16H20N4O3S.ClH/c1-24(21,22)20-13-7-4-12(5-8-13)6-9-14-18-15(19-23-14)16(17)10-2-3-11-16;/h4-9,20H,2-3,10-11,17H2,1H3;1H/b9-6+;. The average molecular weight is 385 g/mol. The first-order valence-electron chi connectivity index (χ1n) is 7.73. The van der Waals surface area contributed by atoms with Gasteiger partial charge in [0.05, 0.1) is 11.8 Å². The third kappa shape index (κ3) is 5.04. The molecule has 1 fully saturated rings. The highest BCUT2D eigenvalue weighted by Crippen LogP contribution is 2.34. The number of sulfonamides is 1. The van der Waals surface area contributed by atoms with Crippen molar-refractivity contribution in [2.75, 3.05) is 11.0 Å². The van der Waals surface area contributed by atoms with Crippen LogP contribution in [0.15, 0.2) is 28.8 Å². The summed E-state index contributed by atoms with van der Waals surface area (Å²) >= 11 is 0. The molecule has 1 aliphatic carbocycles. The number of nitrogens with two attached hydrogens (primary N) is 1. The second-order valence-electron chi connectivity index (χ2n) is 6.15. The van der Waals surface area contributed by atoms with Crippen molar-refractivity contribution in [1.82, 2.24) is 10.1 Å². The van der Waals surface area contributed by atoms with Crippen LogP contribution in [0.4, 0.5) is 5.69 Å². The molecule has 9 heteroatoms. The summed E-state index contributed by atoms with van der Waals surface area (Å²) < 4.78 is 30.0. The van der Waals surface area contributed by atoms with Gasteiger partial charge in [-0.2, -0.15) is 4.98 Å². The first kappa shape index (κ1) is 19.4. The van der Waals surface area contributed by atoms with Gasteiger partial charge in [0.2, 0.25) is 10.0 Å². The molecule has 0 radical (unpaired) electrons. The molecule has 1 saturated carbocycles. The van der Waals surface area contributed by atoms with Crippen LogP contribution in [0.3, 0.4) is 0 Å². The second kappa shape index (κ2) is 7.55. The molecule has 1 aliphatic rings. The van der Waals surface area contributed by atoms with Crippen LogP contribution in [-0.4, -0.2) is 24.8 Å². The summed E-state index contributed by atoms with van der Waals surface area (Å²) in [6.45, 7) is 0. The lowest BCUT2D eigenvalue weighted by molar-refractivity contribution is 0.364. The molecule has 0 atom stereocenters. The van der Waals surface area contributed by atoms with Gasteiger partial charge in [0.1, 0.15) is 0 Å². The quantitative estimate of drug-likeness (QED) is 0.819. The molecule has 136 valence electrons. The van der Waals surface area contributed by atoms with Crippen molar-refractivity contribution in [3.63, 3.8) is 0 Å². The summed E-state index contributed by atoms with van der Waals surface area (Å²) in [6, 6.07) is 6.96. The molecule has 2 aromatic rings. The highest BCUT2D eigenvalue weighted by Gasteiger charge is 2.35. The van der Waals surface area contributed by atoms with E-state index in [0.717, 1.165) is 37.5 Å². The van der Waals surface area contributed by atoms with Gasteiger partial charge in [-0.25, -0.2) is 8.42 Å². The number of aromatic nitrogens is 2. The lowest BCUT2D eigenvalue weighted by atomic mass is 9.99. The summed E-state index contributed by atoms with van der Waals surface area (Å²) in [6.07, 6.45) is 8.58. The van der Waals surface area contributed by atoms with Crippen LogP contribution in [0.2, 0.25) is 0 Å². The molecule has 1 aromatic carbocycles. The van der Waals surface area contributed by atoms with Crippen LogP contribution in [0, 0.1) is 0 Å². The van der Waals surface area contributed by atoms with Crippen molar-refractivity contribution < 1.29 is 12.9 Å². The topological polar surface area (TPSA) is 111 Å². The molecule has 0 bridgehead atoms. The van der Waals surface area contributed by atoms with Gasteiger partial charge >= 0.3 is 0 Å². The smallest absolute Gasteiger partial charge is 0.250 e. The van der Waals surface area contributed by atoms with E-state index in [1.165, 1.54) is 0 Å². The summed E-state index contributed by atoms with van der Waals surface area (Å²) in [5.41, 5.74) is 7.24. The van der Waals surface area contributed by atoms with Gasteiger partial charge in [0.15, 0.2) is 5.82 Å². The van der Waals surface area contributed by atoms with Gasteiger partial charge in [-0.3, -0.25) is 4.72 Å². The fourth-order valence-electron chi connectivity index (χ4n) is 2.78. The monoisotopic (exact) mass is 384 g/mol. The number of benzene rings is 1. The average Bonchev–Trinajstić information content (AvgIpc) is 3.15. The fourth-order valence-corrected chi connectivity index (χ4v) is 3.34. The Morgan fingerprint density at radius 1 is 1.20 bits per heavy atom. The zero-order valence-corrected chi connectivity index (χ0v) is 15.4. The molecule has 1 aromatic heterocycles. The Morgan fingerprint density at radius 2 is 1.84 bits per heavy atom. The van der Waals surface area contributed by atoms with Crippen LogP contribution < -0.4 is 10.5 Å². The number of halogens is 1. The van der Waals surface area contributed by atoms with Gasteiger partial charge in [0.25, 0.3) is 5.89 Å². The Bertz CT molecular complexity index is 841.